The number of aromatic carboxylic acids is 2. The van der Waals surface area contributed by atoms with Crippen LogP contribution in [0.5, 0.6) is 0 Å². The summed E-state index contributed by atoms with van der Waals surface area (Å²) in [6, 6.07) is 61.8. The van der Waals surface area contributed by atoms with Gasteiger partial charge in [-0.05, 0) is 205 Å². The minimum absolute atomic E-state index is 0.0110. The van der Waals surface area contributed by atoms with Gasteiger partial charge in [-0.1, -0.05) is 80.4 Å². The highest BCUT2D eigenvalue weighted by Crippen LogP contribution is 2.34. The maximum Gasteiger partial charge on any atom is 0.412 e. The van der Waals surface area contributed by atoms with Gasteiger partial charge in [0.15, 0.2) is 0 Å². The Hall–Kier alpha value is -13.1. The molecule has 4 aliphatic rings. The number of amides is 1. The SMILES string of the molecule is CC(C)(C)OC(=O)Nc1ccc(Br)cc1N.COC(=O)c1ccc2c(c1)CC(=O)CC(c1cccc(C#N)c1)=N2.N#Cc1cccc(C2=Nc3ccc(Br)cc3CC(=O)C2)c1.N#Cc1cccc(C2=Nc3ccc(C(=O)O)cc3CC(=O)C2)c1.N#Cc1cccc(C2CC(=O)Cc3cc(C(=O)O)ccc3N2)c1. The predicted octanol–water partition coefficient (Wildman–Crippen LogP) is 16.1. The smallest absolute Gasteiger partial charge is 0.412 e. The molecule has 1 atom stereocenters. The normalized spacial score (nSPS) is 13.9. The van der Waals surface area contributed by atoms with Crippen molar-refractivity contribution in [1.82, 2.24) is 0 Å². The van der Waals surface area contributed by atoms with E-state index < -0.39 is 29.6 Å². The molecule has 24 heteroatoms. The average molecular weight is 1560 g/mol. The number of halogens is 2. The fraction of sp³-hybridized carbons (Fsp3) is 0.169. The van der Waals surface area contributed by atoms with E-state index in [9.17, 15) is 38.4 Å². The lowest BCUT2D eigenvalue weighted by Crippen LogP contribution is -2.27. The maximum atomic E-state index is 12.3. The van der Waals surface area contributed by atoms with E-state index in [0.29, 0.717) is 97.9 Å². The number of nitrogen functional groups attached to an aromatic ring is 1. The molecule has 9 aromatic carbocycles. The molecule has 9 aromatic rings. The summed E-state index contributed by atoms with van der Waals surface area (Å²) in [5, 5.41) is 60.1. The predicted molar refractivity (Wildman–Crippen MR) is 410 cm³/mol. The molecule has 0 saturated heterocycles. The summed E-state index contributed by atoms with van der Waals surface area (Å²) in [7, 11) is 1.32. The van der Waals surface area contributed by atoms with Crippen LogP contribution in [-0.4, -0.2) is 87.2 Å². The number of fused-ring (bicyclic) bond motifs is 4. The summed E-state index contributed by atoms with van der Waals surface area (Å²) >= 11 is 6.71. The number of hydrogen-bond donors (Lipinski definition) is 5. The monoisotopic (exact) mass is 1550 g/mol. The van der Waals surface area contributed by atoms with Gasteiger partial charge in [-0.2, -0.15) is 21.0 Å². The number of nitrogens with two attached hydrogens (primary N) is 1. The Labute approximate surface area is 632 Å². The first-order valence-corrected chi connectivity index (χ1v) is 34.6. The number of ketones is 4. The Morgan fingerprint density at radius 2 is 0.897 bits per heavy atom. The molecule has 22 nitrogen and oxygen atoms in total. The van der Waals surface area contributed by atoms with Crippen molar-refractivity contribution in [2.24, 2.45) is 15.0 Å². The molecular weight excluding hydrogens is 1490 g/mol. The lowest BCUT2D eigenvalue weighted by molar-refractivity contribution is -0.119. The Kier molecular flexibility index (Phi) is 26.1. The first kappa shape index (κ1) is 78.0. The largest absolute Gasteiger partial charge is 0.478 e. The van der Waals surface area contributed by atoms with Crippen LogP contribution in [0.3, 0.4) is 0 Å². The number of anilines is 3. The van der Waals surface area contributed by atoms with E-state index in [1.807, 2.05) is 48.5 Å². The van der Waals surface area contributed by atoms with Crippen LogP contribution in [0.1, 0.15) is 150 Å². The van der Waals surface area contributed by atoms with E-state index in [-0.39, 0.29) is 72.4 Å². The van der Waals surface area contributed by atoms with Crippen molar-refractivity contribution in [3.05, 3.63) is 280 Å². The summed E-state index contributed by atoms with van der Waals surface area (Å²) in [5.41, 5.74) is 20.0. The zero-order valence-corrected chi connectivity index (χ0v) is 61.2. The third-order valence-electron chi connectivity index (χ3n) is 16.4. The van der Waals surface area contributed by atoms with E-state index in [1.165, 1.54) is 31.4 Å². The molecule has 4 heterocycles. The molecule has 107 heavy (non-hydrogen) atoms. The minimum Gasteiger partial charge on any atom is -0.478 e. The van der Waals surface area contributed by atoms with E-state index in [1.54, 1.807) is 136 Å². The van der Waals surface area contributed by atoms with Gasteiger partial charge in [-0.25, -0.2) is 19.2 Å². The highest BCUT2D eigenvalue weighted by atomic mass is 79.9. The highest BCUT2D eigenvalue weighted by Gasteiger charge is 2.26. The number of nitrogens with zero attached hydrogens (tertiary/aromatic N) is 7. The molecule has 4 aliphatic heterocycles. The van der Waals surface area contributed by atoms with Crippen LogP contribution in [-0.2, 0) is 54.3 Å². The molecule has 6 N–H and O–H groups in total. The second kappa shape index (κ2) is 35.8. The molecule has 0 aromatic heterocycles. The number of rotatable bonds is 8. The van der Waals surface area contributed by atoms with E-state index in [4.69, 9.17) is 46.5 Å². The average Bonchev–Trinajstić information content (AvgIpc) is 1.72. The van der Waals surface area contributed by atoms with Gasteiger partial charge in [-0.3, -0.25) is 39.5 Å². The third kappa shape index (κ3) is 22.0. The van der Waals surface area contributed by atoms with Crippen molar-refractivity contribution in [3.8, 4) is 24.3 Å². The van der Waals surface area contributed by atoms with Crippen LogP contribution in [0, 0.1) is 45.3 Å². The number of aliphatic imine (C=N–C) groups is 3. The van der Waals surface area contributed by atoms with Gasteiger partial charge < -0.3 is 30.7 Å². The number of carbonyl (C=O) groups is 8. The molecule has 13 rings (SSSR count). The van der Waals surface area contributed by atoms with E-state index >= 15 is 0 Å². The molecular formula is C83H66Br2N10O12. The van der Waals surface area contributed by atoms with Gasteiger partial charge in [0, 0.05) is 66.0 Å². The lowest BCUT2D eigenvalue weighted by atomic mass is 9.99. The Morgan fingerprint density at radius 3 is 1.36 bits per heavy atom. The molecule has 1 unspecified atom stereocenters. The second-order valence-electron chi connectivity index (χ2n) is 25.6. The summed E-state index contributed by atoms with van der Waals surface area (Å²) in [5.74, 6) is -2.35. The van der Waals surface area contributed by atoms with Crippen molar-refractivity contribution in [3.63, 3.8) is 0 Å². The number of nitriles is 4. The Morgan fingerprint density at radius 1 is 0.495 bits per heavy atom. The van der Waals surface area contributed by atoms with Crippen molar-refractivity contribution in [2.75, 3.05) is 23.5 Å². The van der Waals surface area contributed by atoms with Gasteiger partial charge in [0.05, 0.1) is 122 Å². The van der Waals surface area contributed by atoms with Gasteiger partial charge in [-0.15, -0.1) is 0 Å². The first-order valence-electron chi connectivity index (χ1n) is 33.0. The summed E-state index contributed by atoms with van der Waals surface area (Å²) in [6.45, 7) is 5.41. The Bertz CT molecular complexity index is 5340. The number of nitrogens with one attached hydrogen (secondary N) is 2. The number of carbonyl (C=O) groups excluding carboxylic acids is 6. The minimum atomic E-state index is -1.03. The van der Waals surface area contributed by atoms with Crippen LogP contribution in [0.4, 0.5) is 38.9 Å². The van der Waals surface area contributed by atoms with Crippen LogP contribution >= 0.6 is 31.9 Å². The number of benzene rings is 9. The Balaban J connectivity index is 0.000000155. The van der Waals surface area contributed by atoms with Crippen LogP contribution in [0.25, 0.3) is 0 Å². The fourth-order valence-corrected chi connectivity index (χ4v) is 12.2. The standard InChI is InChI=1S/C19H14N2O3.C18H14N2O3.C18H12N2O3.C17H11BrN2O.C11H15BrN2O2/c1-24-19(23)14-5-6-17-15(8-14)9-16(22)10-18(21-17)13-4-2-3-12(7-13)11-20;2*19-10-11-2-1-3-12(6-11)17-9-15(21)8-14-7-13(18(22)23)4-5-16(14)20-17;18-14-4-5-16-13(7-14)8-15(21)9-17(20-16)12-3-1-2-11(6-12)10-19;1-11(2,3)16-10(15)14-9-5-4-7(12)6-8(9)13/h2-8H,9-10H2,1H3;1-7,17,20H,8-9H2,(H,22,23);1-7H,8-9H2,(H,22,23);1-7H,8-9H2;4-6H,13H2,1-3H3,(H,14,15). The van der Waals surface area contributed by atoms with Crippen LogP contribution in [0.15, 0.2) is 212 Å². The lowest BCUT2D eigenvalue weighted by Gasteiger charge is -2.20. The molecule has 0 radical (unpaired) electrons. The number of carboxylic acid groups (broad SMARTS) is 2. The van der Waals surface area contributed by atoms with E-state index in [0.717, 1.165) is 53.8 Å². The molecule has 0 aliphatic carbocycles. The first-order chi connectivity index (χ1) is 51.2. The number of methoxy groups -OCH3 is 1. The number of hydrogen-bond acceptors (Lipinski definition) is 19. The number of carboxylic acids is 2. The molecule has 534 valence electrons. The van der Waals surface area contributed by atoms with Gasteiger partial charge >= 0.3 is 24.0 Å². The molecule has 0 fully saturated rings. The molecule has 0 spiro atoms. The van der Waals surface area contributed by atoms with Gasteiger partial charge in [0.25, 0.3) is 0 Å². The molecule has 0 saturated carbocycles. The van der Waals surface area contributed by atoms with Gasteiger partial charge in [0.2, 0.25) is 0 Å². The maximum absolute atomic E-state index is 12.3. The van der Waals surface area contributed by atoms with E-state index in [2.05, 4.69) is 81.7 Å². The third-order valence-corrected chi connectivity index (χ3v) is 17.4. The van der Waals surface area contributed by atoms with Crippen molar-refractivity contribution in [2.45, 2.75) is 83.8 Å². The summed E-state index contributed by atoms with van der Waals surface area (Å²) in [6.07, 6.45) is 1.39. The van der Waals surface area contributed by atoms with Crippen LogP contribution in [0.2, 0.25) is 0 Å². The number of Topliss-reactive ketones (excluding diaryl/α,β-unsaturated/α-hetero) is 4. The summed E-state index contributed by atoms with van der Waals surface area (Å²) in [4.78, 5) is 108. The number of esters is 1. The van der Waals surface area contributed by atoms with Crippen molar-refractivity contribution < 1.29 is 58.0 Å². The zero-order chi connectivity index (χ0) is 77.1. The number of ether oxygens (including phenoxy) is 2. The molecule has 0 bridgehead atoms. The second-order valence-corrected chi connectivity index (χ2v) is 27.4. The zero-order valence-electron chi connectivity index (χ0n) is 58.1. The quantitative estimate of drug-likeness (QED) is 0.0697. The molecule has 1 amide bonds. The fourth-order valence-electron chi connectivity index (χ4n) is 11.5. The van der Waals surface area contributed by atoms with Crippen molar-refractivity contribution >= 4 is 130 Å². The highest BCUT2D eigenvalue weighted by molar-refractivity contribution is 9.10. The van der Waals surface area contributed by atoms with Crippen molar-refractivity contribution in [1.29, 1.82) is 21.0 Å². The topological polar surface area (TPSA) is 378 Å². The van der Waals surface area contributed by atoms with Crippen LogP contribution < -0.4 is 16.4 Å². The van der Waals surface area contributed by atoms with Gasteiger partial charge in [0.1, 0.15) is 28.7 Å². The summed E-state index contributed by atoms with van der Waals surface area (Å²) < 4.78 is 11.6.